The Morgan fingerprint density at radius 2 is 1.98 bits per heavy atom. The van der Waals surface area contributed by atoms with Gasteiger partial charge in [-0.1, -0.05) is 42.3 Å². The molecule has 2 unspecified atom stereocenters. The van der Waals surface area contributed by atoms with E-state index in [9.17, 15) is 4.39 Å². The normalized spacial score (nSPS) is 25.8. The van der Waals surface area contributed by atoms with E-state index in [1.54, 1.807) is 31.5 Å². The van der Waals surface area contributed by atoms with Crippen LogP contribution in [0.25, 0.3) is 32.9 Å². The van der Waals surface area contributed by atoms with Crippen LogP contribution in [-0.2, 0) is 4.74 Å². The molecule has 0 saturated carbocycles. The molecule has 4 saturated heterocycles. The standard InChI is InChI=1S/C36H37F2N7O/c1-4-26-29(37)11-8-22-6-5-7-27(30(22)26)32-31(38)33-28(15-39-32)34(44-17-23-9-10-24(18-44)41-23)43-35(42-33)40-20-36-13-12-25(19-46-3)45(36)16-21(2)14-36/h1,5-8,11,15,23-25,41H,2,9-10,12-14,16-20H2,3H3,(H,40,42,43)/t23?,24?,25-,36-/m0/s1. The molecule has 6 heterocycles. The highest BCUT2D eigenvalue weighted by Gasteiger charge is 2.50. The van der Waals surface area contributed by atoms with Crippen LogP contribution >= 0.6 is 0 Å². The van der Waals surface area contributed by atoms with Crippen LogP contribution in [0.1, 0.15) is 37.7 Å². The third-order valence-electron chi connectivity index (χ3n) is 10.5. The van der Waals surface area contributed by atoms with Crippen molar-refractivity contribution in [2.24, 2.45) is 0 Å². The van der Waals surface area contributed by atoms with Gasteiger partial charge in [0.05, 0.1) is 17.6 Å². The van der Waals surface area contributed by atoms with Gasteiger partial charge in [-0.05, 0) is 43.6 Å². The number of piperazine rings is 1. The summed E-state index contributed by atoms with van der Waals surface area (Å²) in [6, 6.07) is 9.40. The van der Waals surface area contributed by atoms with Crippen LogP contribution in [0.5, 0.6) is 0 Å². The Labute approximate surface area is 267 Å². The van der Waals surface area contributed by atoms with Gasteiger partial charge in [-0.15, -0.1) is 6.42 Å². The molecule has 4 fully saturated rings. The number of benzene rings is 2. The minimum absolute atomic E-state index is 0.0752. The molecule has 10 heteroatoms. The van der Waals surface area contributed by atoms with Crippen molar-refractivity contribution in [1.29, 1.82) is 0 Å². The van der Waals surface area contributed by atoms with Gasteiger partial charge in [0.1, 0.15) is 22.8 Å². The molecule has 0 radical (unpaired) electrons. The molecule has 0 spiro atoms. The molecule has 0 amide bonds. The molecule has 4 aliphatic rings. The van der Waals surface area contributed by atoms with E-state index in [0.29, 0.717) is 64.8 Å². The Morgan fingerprint density at radius 1 is 1.15 bits per heavy atom. The maximum absolute atomic E-state index is 16.9. The first-order valence-corrected chi connectivity index (χ1v) is 16.1. The molecule has 4 aromatic rings. The van der Waals surface area contributed by atoms with Gasteiger partial charge in [0, 0.05) is 74.1 Å². The Morgan fingerprint density at radius 3 is 2.76 bits per heavy atom. The van der Waals surface area contributed by atoms with E-state index in [1.807, 2.05) is 6.07 Å². The van der Waals surface area contributed by atoms with Gasteiger partial charge in [-0.2, -0.15) is 4.98 Å². The van der Waals surface area contributed by atoms with Gasteiger partial charge in [-0.25, -0.2) is 13.8 Å². The molecule has 2 aromatic carbocycles. The zero-order valence-corrected chi connectivity index (χ0v) is 26.0. The summed E-state index contributed by atoms with van der Waals surface area (Å²) in [5.74, 6) is 2.39. The number of pyridine rings is 1. The van der Waals surface area contributed by atoms with Crippen molar-refractivity contribution in [3.63, 3.8) is 0 Å². The Balaban J connectivity index is 1.24. The molecule has 0 aliphatic carbocycles. The summed E-state index contributed by atoms with van der Waals surface area (Å²) >= 11 is 0. The number of anilines is 2. The van der Waals surface area contributed by atoms with E-state index in [0.717, 1.165) is 51.7 Å². The number of nitrogens with one attached hydrogen (secondary N) is 2. The molecule has 2 bridgehead atoms. The molecule has 46 heavy (non-hydrogen) atoms. The van der Waals surface area contributed by atoms with Crippen molar-refractivity contribution in [1.82, 2.24) is 25.2 Å². The van der Waals surface area contributed by atoms with Crippen LogP contribution in [0.4, 0.5) is 20.5 Å². The highest BCUT2D eigenvalue weighted by Crippen LogP contribution is 2.44. The highest BCUT2D eigenvalue weighted by atomic mass is 19.1. The van der Waals surface area contributed by atoms with Gasteiger partial charge >= 0.3 is 0 Å². The van der Waals surface area contributed by atoms with E-state index in [-0.39, 0.29) is 22.3 Å². The lowest BCUT2D eigenvalue weighted by atomic mass is 9.92. The van der Waals surface area contributed by atoms with Gasteiger partial charge < -0.3 is 20.3 Å². The fraction of sp³-hybridized carbons (Fsp3) is 0.417. The zero-order valence-electron chi connectivity index (χ0n) is 26.0. The second-order valence-corrected chi connectivity index (χ2v) is 13.3. The number of ether oxygens (including phenoxy) is 1. The van der Waals surface area contributed by atoms with E-state index in [4.69, 9.17) is 21.1 Å². The first-order valence-electron chi connectivity index (χ1n) is 16.1. The molecule has 4 aliphatic heterocycles. The fourth-order valence-corrected chi connectivity index (χ4v) is 8.44. The van der Waals surface area contributed by atoms with E-state index in [1.165, 1.54) is 11.6 Å². The van der Waals surface area contributed by atoms with E-state index in [2.05, 4.69) is 37.9 Å². The number of fused-ring (bicyclic) bond motifs is 5. The van der Waals surface area contributed by atoms with Gasteiger partial charge in [0.25, 0.3) is 0 Å². The molecule has 2 aromatic heterocycles. The lowest BCUT2D eigenvalue weighted by Crippen LogP contribution is -2.51. The third kappa shape index (κ3) is 4.72. The smallest absolute Gasteiger partial charge is 0.225 e. The van der Waals surface area contributed by atoms with Crippen LogP contribution in [0.3, 0.4) is 0 Å². The van der Waals surface area contributed by atoms with Crippen molar-refractivity contribution < 1.29 is 13.5 Å². The average Bonchev–Trinajstić information content (AvgIpc) is 3.69. The van der Waals surface area contributed by atoms with Crippen molar-refractivity contribution in [3.05, 3.63) is 65.9 Å². The summed E-state index contributed by atoms with van der Waals surface area (Å²) in [4.78, 5) is 19.2. The van der Waals surface area contributed by atoms with Crippen LogP contribution < -0.4 is 15.5 Å². The summed E-state index contributed by atoms with van der Waals surface area (Å²) in [6.45, 7) is 7.99. The average molecular weight is 622 g/mol. The van der Waals surface area contributed by atoms with Crippen molar-refractivity contribution >= 4 is 33.4 Å². The Hall–Kier alpha value is -4.17. The fourth-order valence-electron chi connectivity index (χ4n) is 8.44. The van der Waals surface area contributed by atoms with Crippen LogP contribution in [0.15, 0.2) is 48.7 Å². The number of halogens is 2. The Bertz CT molecular complexity index is 1910. The number of hydrogen-bond donors (Lipinski definition) is 2. The quantitative estimate of drug-likeness (QED) is 0.214. The van der Waals surface area contributed by atoms with Crippen LogP contribution in [-0.4, -0.2) is 83.4 Å². The molecule has 8 rings (SSSR count). The first kappa shape index (κ1) is 29.2. The van der Waals surface area contributed by atoms with Crippen LogP contribution in [0.2, 0.25) is 0 Å². The monoisotopic (exact) mass is 621 g/mol. The van der Waals surface area contributed by atoms with Gasteiger partial charge in [0.15, 0.2) is 5.82 Å². The first-order chi connectivity index (χ1) is 22.4. The van der Waals surface area contributed by atoms with Crippen LogP contribution in [0, 0.1) is 24.0 Å². The lowest BCUT2D eigenvalue weighted by molar-refractivity contribution is 0.0867. The molecular weight excluding hydrogens is 584 g/mol. The second kappa shape index (κ2) is 11.3. The summed E-state index contributed by atoms with van der Waals surface area (Å²) in [6.07, 6.45) is 12.5. The van der Waals surface area contributed by atoms with Crippen molar-refractivity contribution in [3.8, 4) is 23.6 Å². The number of rotatable bonds is 7. The molecular formula is C36H37F2N7O. The molecule has 8 nitrogen and oxygen atoms in total. The number of methoxy groups -OCH3 is 1. The third-order valence-corrected chi connectivity index (χ3v) is 10.5. The summed E-state index contributed by atoms with van der Waals surface area (Å²) in [5, 5.41) is 8.91. The maximum atomic E-state index is 16.9. The largest absolute Gasteiger partial charge is 0.383 e. The lowest BCUT2D eigenvalue weighted by Gasteiger charge is -2.35. The molecule has 4 atom stereocenters. The number of nitrogens with zero attached hydrogens (tertiary/aromatic N) is 5. The van der Waals surface area contributed by atoms with Gasteiger partial charge in [-0.3, -0.25) is 9.88 Å². The maximum Gasteiger partial charge on any atom is 0.225 e. The highest BCUT2D eigenvalue weighted by molar-refractivity contribution is 6.02. The minimum Gasteiger partial charge on any atom is -0.383 e. The van der Waals surface area contributed by atoms with Crippen molar-refractivity contribution in [2.45, 2.75) is 55.8 Å². The summed E-state index contributed by atoms with van der Waals surface area (Å²) in [7, 11) is 1.75. The minimum atomic E-state index is -0.586. The summed E-state index contributed by atoms with van der Waals surface area (Å²) in [5.41, 5.74) is 1.85. The Kier molecular flexibility index (Phi) is 7.16. The van der Waals surface area contributed by atoms with E-state index >= 15 is 4.39 Å². The number of aromatic nitrogens is 3. The number of terminal acetylenes is 1. The zero-order chi connectivity index (χ0) is 31.6. The topological polar surface area (TPSA) is 78.4 Å². The predicted molar refractivity (Wildman–Crippen MR) is 177 cm³/mol. The summed E-state index contributed by atoms with van der Waals surface area (Å²) < 4.78 is 37.2. The predicted octanol–water partition coefficient (Wildman–Crippen LogP) is 5.27. The molecule has 236 valence electrons. The second-order valence-electron chi connectivity index (χ2n) is 13.3. The SMILES string of the molecule is C#Cc1c(F)ccc2cccc(-c3ncc4c(N5CC6CCC(C5)N6)nc(NC[C@@]56CC[C@@H](COC)N5CC(=C)C6)nc4c3F)c12. The van der Waals surface area contributed by atoms with E-state index < -0.39 is 11.6 Å². The number of hydrogen-bond acceptors (Lipinski definition) is 8. The van der Waals surface area contributed by atoms with Gasteiger partial charge in [0.2, 0.25) is 5.95 Å². The van der Waals surface area contributed by atoms with Crippen molar-refractivity contribution in [2.75, 3.05) is 50.1 Å². The molecule has 2 N–H and O–H groups in total.